The van der Waals surface area contributed by atoms with Crippen LogP contribution >= 0.6 is 15.9 Å². The van der Waals surface area contributed by atoms with Gasteiger partial charge in [-0.25, -0.2) is 4.98 Å². The molecule has 1 aliphatic rings. The Morgan fingerprint density at radius 2 is 2.04 bits per heavy atom. The molecule has 1 heterocycles. The lowest BCUT2D eigenvalue weighted by Crippen LogP contribution is -2.35. The summed E-state index contributed by atoms with van der Waals surface area (Å²) in [6, 6.07) is 8.30. The average Bonchev–Trinajstić information content (AvgIpc) is 2.62. The highest BCUT2D eigenvalue weighted by molar-refractivity contribution is 9.10. The number of halogens is 1. The Hall–Kier alpha value is -2.26. The molecule has 1 saturated carbocycles. The van der Waals surface area contributed by atoms with Gasteiger partial charge < -0.3 is 16.4 Å². The number of nitrogen functional groups attached to an aromatic ring is 1. The van der Waals surface area contributed by atoms with Gasteiger partial charge in [-0.3, -0.25) is 10.1 Å². The number of anilines is 2. The van der Waals surface area contributed by atoms with Gasteiger partial charge >= 0.3 is 5.69 Å². The molecule has 27 heavy (non-hydrogen) atoms. The van der Waals surface area contributed by atoms with E-state index < -0.39 is 4.92 Å². The van der Waals surface area contributed by atoms with Crippen LogP contribution in [0, 0.1) is 16.0 Å². The van der Waals surface area contributed by atoms with E-state index in [2.05, 4.69) is 25.9 Å². The zero-order chi connectivity index (χ0) is 19.4. The molecule has 2 aromatic rings. The summed E-state index contributed by atoms with van der Waals surface area (Å²) in [6.45, 7) is 1.36. The van der Waals surface area contributed by atoms with Gasteiger partial charge in [0.15, 0.2) is 0 Å². The van der Waals surface area contributed by atoms with Crippen molar-refractivity contribution >= 4 is 33.4 Å². The maximum absolute atomic E-state index is 11.0. The van der Waals surface area contributed by atoms with E-state index in [9.17, 15) is 10.1 Å². The summed E-state index contributed by atoms with van der Waals surface area (Å²) >= 11 is 3.49. The number of nitrogens with zero attached hydrogens (tertiary/aromatic N) is 4. The minimum absolute atomic E-state index is 0.116. The van der Waals surface area contributed by atoms with Crippen LogP contribution in [0.4, 0.5) is 17.5 Å². The quantitative estimate of drug-likeness (QED) is 0.527. The second kappa shape index (κ2) is 8.62. The summed E-state index contributed by atoms with van der Waals surface area (Å²) in [6.07, 6.45) is 5.32. The van der Waals surface area contributed by atoms with Crippen molar-refractivity contribution in [3.05, 3.63) is 50.6 Å². The van der Waals surface area contributed by atoms with Gasteiger partial charge in [0.1, 0.15) is 6.20 Å². The summed E-state index contributed by atoms with van der Waals surface area (Å²) in [5.41, 5.74) is 12.6. The average molecular weight is 435 g/mol. The maximum atomic E-state index is 11.0. The zero-order valence-corrected chi connectivity index (χ0v) is 16.5. The molecule has 1 aromatic heterocycles. The standard InChI is InChI=1S/C18H23BrN6O2/c19-14-3-1-2-13(8-14)11-24(10-12-4-6-15(20)7-5-12)18-22-9-16(25(26)27)17(21)23-18/h1-3,8-9,12,15H,4-7,10-11,20H2,(H2,21,22,23)/t12-,15-. The van der Waals surface area contributed by atoms with E-state index >= 15 is 0 Å². The van der Waals surface area contributed by atoms with Crippen molar-refractivity contribution in [1.82, 2.24) is 9.97 Å². The van der Waals surface area contributed by atoms with E-state index in [0.29, 0.717) is 18.4 Å². The minimum Gasteiger partial charge on any atom is -0.378 e. The van der Waals surface area contributed by atoms with Crippen molar-refractivity contribution in [3.63, 3.8) is 0 Å². The smallest absolute Gasteiger partial charge is 0.329 e. The van der Waals surface area contributed by atoms with Crippen LogP contribution < -0.4 is 16.4 Å². The summed E-state index contributed by atoms with van der Waals surface area (Å²) in [5.74, 6) is 0.778. The maximum Gasteiger partial charge on any atom is 0.329 e. The van der Waals surface area contributed by atoms with Crippen LogP contribution in [0.15, 0.2) is 34.9 Å². The largest absolute Gasteiger partial charge is 0.378 e. The molecule has 1 aromatic carbocycles. The van der Waals surface area contributed by atoms with Crippen molar-refractivity contribution in [2.24, 2.45) is 11.7 Å². The highest BCUT2D eigenvalue weighted by Gasteiger charge is 2.24. The van der Waals surface area contributed by atoms with Crippen molar-refractivity contribution in [2.75, 3.05) is 17.2 Å². The molecule has 9 heteroatoms. The van der Waals surface area contributed by atoms with Gasteiger partial charge in [-0.1, -0.05) is 28.1 Å². The van der Waals surface area contributed by atoms with Gasteiger partial charge in [-0.15, -0.1) is 0 Å². The van der Waals surface area contributed by atoms with E-state index in [-0.39, 0.29) is 17.5 Å². The summed E-state index contributed by atoms with van der Waals surface area (Å²) < 4.78 is 0.993. The highest BCUT2D eigenvalue weighted by Crippen LogP contribution is 2.28. The molecule has 1 fully saturated rings. The lowest BCUT2D eigenvalue weighted by Gasteiger charge is -2.31. The molecule has 0 atom stereocenters. The number of hydrogen-bond donors (Lipinski definition) is 2. The molecule has 8 nitrogen and oxygen atoms in total. The lowest BCUT2D eigenvalue weighted by atomic mass is 9.86. The fourth-order valence-corrected chi connectivity index (χ4v) is 3.87. The van der Waals surface area contributed by atoms with Gasteiger partial charge in [0.25, 0.3) is 0 Å². The topological polar surface area (TPSA) is 124 Å². The minimum atomic E-state index is -0.569. The first-order valence-electron chi connectivity index (χ1n) is 8.94. The Morgan fingerprint density at radius 3 is 2.67 bits per heavy atom. The van der Waals surface area contributed by atoms with E-state index in [1.807, 2.05) is 29.2 Å². The Morgan fingerprint density at radius 1 is 1.30 bits per heavy atom. The van der Waals surface area contributed by atoms with Gasteiger partial charge in [0.2, 0.25) is 11.8 Å². The molecular formula is C18H23BrN6O2. The molecule has 1 aliphatic carbocycles. The number of aromatic nitrogens is 2. The van der Waals surface area contributed by atoms with Gasteiger partial charge in [0, 0.05) is 23.6 Å². The predicted molar refractivity (Wildman–Crippen MR) is 108 cm³/mol. The predicted octanol–water partition coefficient (Wildman–Crippen LogP) is 3.25. The van der Waals surface area contributed by atoms with Gasteiger partial charge in [-0.2, -0.15) is 4.98 Å². The molecule has 0 unspecified atom stereocenters. The molecule has 0 radical (unpaired) electrons. The second-order valence-electron chi connectivity index (χ2n) is 6.99. The highest BCUT2D eigenvalue weighted by atomic mass is 79.9. The van der Waals surface area contributed by atoms with E-state index in [0.717, 1.165) is 42.3 Å². The summed E-state index contributed by atoms with van der Waals surface area (Å²) in [7, 11) is 0. The van der Waals surface area contributed by atoms with Crippen molar-refractivity contribution in [1.29, 1.82) is 0 Å². The van der Waals surface area contributed by atoms with E-state index in [4.69, 9.17) is 11.5 Å². The number of hydrogen-bond acceptors (Lipinski definition) is 7. The lowest BCUT2D eigenvalue weighted by molar-refractivity contribution is -0.384. The first kappa shape index (κ1) is 19.5. The van der Waals surface area contributed by atoms with Crippen molar-refractivity contribution in [3.8, 4) is 0 Å². The first-order chi connectivity index (χ1) is 12.9. The number of nitro groups is 1. The zero-order valence-electron chi connectivity index (χ0n) is 14.9. The summed E-state index contributed by atoms with van der Waals surface area (Å²) in [5, 5.41) is 11.0. The molecule has 144 valence electrons. The molecule has 0 saturated heterocycles. The SMILES string of the molecule is Nc1nc(N(Cc2cccc(Br)c2)C[C@H]2CC[C@H](N)CC2)ncc1[N+](=O)[O-]. The first-order valence-corrected chi connectivity index (χ1v) is 9.73. The summed E-state index contributed by atoms with van der Waals surface area (Å²) in [4.78, 5) is 20.9. The Bertz CT molecular complexity index is 810. The monoisotopic (exact) mass is 434 g/mol. The van der Waals surface area contributed by atoms with Crippen LogP contribution in [-0.4, -0.2) is 27.5 Å². The van der Waals surface area contributed by atoms with Crippen LogP contribution in [0.1, 0.15) is 31.2 Å². The Kier molecular flexibility index (Phi) is 6.22. The third kappa shape index (κ3) is 5.14. The fraction of sp³-hybridized carbons (Fsp3) is 0.444. The molecular weight excluding hydrogens is 412 g/mol. The Balaban J connectivity index is 1.84. The molecule has 0 spiro atoms. The Labute approximate surface area is 166 Å². The van der Waals surface area contributed by atoms with Gasteiger partial charge in [-0.05, 0) is 49.3 Å². The van der Waals surface area contributed by atoms with Crippen molar-refractivity contribution in [2.45, 2.75) is 38.3 Å². The third-order valence-electron chi connectivity index (χ3n) is 4.90. The third-order valence-corrected chi connectivity index (χ3v) is 5.39. The molecule has 0 amide bonds. The van der Waals surface area contributed by atoms with Crippen molar-refractivity contribution < 1.29 is 4.92 Å². The normalized spacial score (nSPS) is 19.6. The molecule has 0 aliphatic heterocycles. The second-order valence-corrected chi connectivity index (χ2v) is 7.90. The molecule has 4 N–H and O–H groups in total. The number of benzene rings is 1. The van der Waals surface area contributed by atoms with Crippen LogP contribution in [-0.2, 0) is 6.54 Å². The number of rotatable bonds is 6. The number of nitrogens with two attached hydrogens (primary N) is 2. The molecule has 3 rings (SSSR count). The fourth-order valence-electron chi connectivity index (χ4n) is 3.43. The van der Waals surface area contributed by atoms with Crippen LogP contribution in [0.5, 0.6) is 0 Å². The van der Waals surface area contributed by atoms with Crippen LogP contribution in [0.3, 0.4) is 0 Å². The van der Waals surface area contributed by atoms with Crippen LogP contribution in [0.25, 0.3) is 0 Å². The van der Waals surface area contributed by atoms with Crippen LogP contribution in [0.2, 0.25) is 0 Å². The van der Waals surface area contributed by atoms with E-state index in [1.165, 1.54) is 6.20 Å². The van der Waals surface area contributed by atoms with E-state index in [1.54, 1.807) is 0 Å². The molecule has 0 bridgehead atoms. The van der Waals surface area contributed by atoms with Gasteiger partial charge in [0.05, 0.1) is 4.92 Å².